The fraction of sp³-hybridized carbons (Fsp3) is 0.450. The number of carbonyl (C=O) groups is 1. The number of likely N-dealkylation sites (tertiary alicyclic amines) is 1. The highest BCUT2D eigenvalue weighted by Crippen LogP contribution is 2.29. The second kappa shape index (κ2) is 6.59. The monoisotopic (exact) mass is 351 g/mol. The Hall–Kier alpha value is -2.63. The summed E-state index contributed by atoms with van der Waals surface area (Å²) in [5, 5.41) is 7.60. The van der Waals surface area contributed by atoms with Gasteiger partial charge in [0.05, 0.1) is 16.7 Å². The van der Waals surface area contributed by atoms with Gasteiger partial charge in [-0.05, 0) is 49.9 Å². The Morgan fingerprint density at radius 3 is 2.69 bits per heavy atom. The van der Waals surface area contributed by atoms with E-state index in [2.05, 4.69) is 40.1 Å². The summed E-state index contributed by atoms with van der Waals surface area (Å²) in [6.07, 6.45) is 1.94. The SMILES string of the molecule is Cc1nc2ccc(C(=O)N3CCC(c4cc(C(C)C)n[nH]4)CC3)cc2[nH]1. The summed E-state index contributed by atoms with van der Waals surface area (Å²) in [5.74, 6) is 1.86. The van der Waals surface area contributed by atoms with Crippen LogP contribution in [0.1, 0.15) is 66.1 Å². The molecule has 0 unspecified atom stereocenters. The highest BCUT2D eigenvalue weighted by molar-refractivity contribution is 5.97. The third-order valence-electron chi connectivity index (χ3n) is 5.28. The molecule has 26 heavy (non-hydrogen) atoms. The lowest BCUT2D eigenvalue weighted by atomic mass is 9.92. The summed E-state index contributed by atoms with van der Waals surface area (Å²) in [7, 11) is 0. The van der Waals surface area contributed by atoms with Crippen molar-refractivity contribution >= 4 is 16.9 Å². The van der Waals surface area contributed by atoms with E-state index in [-0.39, 0.29) is 5.91 Å². The molecule has 6 heteroatoms. The van der Waals surface area contributed by atoms with E-state index in [1.807, 2.05) is 30.0 Å². The number of amides is 1. The van der Waals surface area contributed by atoms with Crippen LogP contribution in [0.15, 0.2) is 24.3 Å². The summed E-state index contributed by atoms with van der Waals surface area (Å²) in [4.78, 5) is 22.4. The minimum absolute atomic E-state index is 0.102. The highest BCUT2D eigenvalue weighted by Gasteiger charge is 2.26. The third-order valence-corrected chi connectivity index (χ3v) is 5.28. The molecule has 2 N–H and O–H groups in total. The molecule has 1 aliphatic heterocycles. The van der Waals surface area contributed by atoms with Crippen molar-refractivity contribution in [3.63, 3.8) is 0 Å². The van der Waals surface area contributed by atoms with Gasteiger partial charge >= 0.3 is 0 Å². The summed E-state index contributed by atoms with van der Waals surface area (Å²) in [6.45, 7) is 7.78. The van der Waals surface area contributed by atoms with Crippen LogP contribution in [0.5, 0.6) is 0 Å². The molecule has 0 atom stereocenters. The number of piperidine rings is 1. The molecule has 0 spiro atoms. The summed E-state index contributed by atoms with van der Waals surface area (Å²) < 4.78 is 0. The molecule has 3 aromatic rings. The zero-order chi connectivity index (χ0) is 18.3. The van der Waals surface area contributed by atoms with Gasteiger partial charge in [0, 0.05) is 30.3 Å². The van der Waals surface area contributed by atoms with Gasteiger partial charge in [-0.2, -0.15) is 5.10 Å². The fourth-order valence-electron chi connectivity index (χ4n) is 3.70. The summed E-state index contributed by atoms with van der Waals surface area (Å²) in [6, 6.07) is 7.88. The Labute approximate surface area is 153 Å². The summed E-state index contributed by atoms with van der Waals surface area (Å²) >= 11 is 0. The molecule has 1 amide bonds. The van der Waals surface area contributed by atoms with Gasteiger partial charge in [-0.3, -0.25) is 9.89 Å². The third kappa shape index (κ3) is 3.11. The van der Waals surface area contributed by atoms with E-state index in [0.29, 0.717) is 11.8 Å². The van der Waals surface area contributed by atoms with Gasteiger partial charge < -0.3 is 9.88 Å². The largest absolute Gasteiger partial charge is 0.342 e. The number of fused-ring (bicyclic) bond motifs is 1. The Morgan fingerprint density at radius 1 is 1.23 bits per heavy atom. The quantitative estimate of drug-likeness (QED) is 0.754. The molecule has 3 heterocycles. The number of nitrogens with zero attached hydrogens (tertiary/aromatic N) is 3. The number of aromatic amines is 2. The fourth-order valence-corrected chi connectivity index (χ4v) is 3.70. The van der Waals surface area contributed by atoms with Gasteiger partial charge in [0.1, 0.15) is 5.82 Å². The van der Waals surface area contributed by atoms with Crippen LogP contribution in [0, 0.1) is 6.92 Å². The molecule has 136 valence electrons. The smallest absolute Gasteiger partial charge is 0.253 e. The van der Waals surface area contributed by atoms with Crippen LogP contribution in [0.2, 0.25) is 0 Å². The molecular formula is C20H25N5O. The van der Waals surface area contributed by atoms with Gasteiger partial charge in [0.15, 0.2) is 0 Å². The zero-order valence-electron chi connectivity index (χ0n) is 15.5. The number of benzene rings is 1. The van der Waals surface area contributed by atoms with Crippen LogP contribution < -0.4 is 0 Å². The molecule has 4 rings (SSSR count). The van der Waals surface area contributed by atoms with Gasteiger partial charge in [0.2, 0.25) is 0 Å². The first-order chi connectivity index (χ1) is 12.5. The van der Waals surface area contributed by atoms with Crippen molar-refractivity contribution in [2.75, 3.05) is 13.1 Å². The van der Waals surface area contributed by atoms with Gasteiger partial charge in [-0.15, -0.1) is 0 Å². The second-order valence-corrected chi connectivity index (χ2v) is 7.52. The van der Waals surface area contributed by atoms with E-state index in [9.17, 15) is 4.79 Å². The van der Waals surface area contributed by atoms with Crippen molar-refractivity contribution < 1.29 is 4.79 Å². The van der Waals surface area contributed by atoms with Crippen molar-refractivity contribution in [3.8, 4) is 0 Å². The first kappa shape index (κ1) is 16.8. The Balaban J connectivity index is 1.43. The van der Waals surface area contributed by atoms with Crippen molar-refractivity contribution in [1.82, 2.24) is 25.1 Å². The molecule has 6 nitrogen and oxygen atoms in total. The lowest BCUT2D eigenvalue weighted by molar-refractivity contribution is 0.0712. The number of H-pyrrole nitrogens is 2. The number of nitrogens with one attached hydrogen (secondary N) is 2. The van der Waals surface area contributed by atoms with E-state index < -0.39 is 0 Å². The Bertz CT molecular complexity index is 931. The zero-order valence-corrected chi connectivity index (χ0v) is 15.5. The summed E-state index contributed by atoms with van der Waals surface area (Å²) in [5.41, 5.74) is 4.86. The minimum Gasteiger partial charge on any atom is -0.342 e. The molecule has 0 bridgehead atoms. The van der Waals surface area contributed by atoms with E-state index in [4.69, 9.17) is 0 Å². The predicted octanol–water partition coefficient (Wildman–Crippen LogP) is 3.74. The molecule has 2 aromatic heterocycles. The predicted molar refractivity (Wildman–Crippen MR) is 101 cm³/mol. The molecule has 0 radical (unpaired) electrons. The lowest BCUT2D eigenvalue weighted by Gasteiger charge is -2.31. The van der Waals surface area contributed by atoms with Crippen LogP contribution in [0.4, 0.5) is 0 Å². The van der Waals surface area contributed by atoms with Gasteiger partial charge in [-0.1, -0.05) is 13.8 Å². The maximum atomic E-state index is 12.9. The van der Waals surface area contributed by atoms with E-state index in [1.165, 1.54) is 5.69 Å². The molecule has 1 aliphatic rings. The van der Waals surface area contributed by atoms with Crippen LogP contribution in [-0.4, -0.2) is 44.1 Å². The molecule has 1 saturated heterocycles. The van der Waals surface area contributed by atoms with Gasteiger partial charge in [0.25, 0.3) is 5.91 Å². The standard InChI is InChI=1S/C20H25N5O/c1-12(2)17-11-18(24-23-17)14-6-8-25(9-7-14)20(26)15-4-5-16-19(10-15)22-13(3)21-16/h4-5,10-12,14H,6-9H2,1-3H3,(H,21,22)(H,23,24). The second-order valence-electron chi connectivity index (χ2n) is 7.52. The van der Waals surface area contributed by atoms with Crippen LogP contribution in [-0.2, 0) is 0 Å². The van der Waals surface area contributed by atoms with Crippen LogP contribution in [0.25, 0.3) is 11.0 Å². The first-order valence-electron chi connectivity index (χ1n) is 9.32. The molecule has 1 aromatic carbocycles. The number of hydrogen-bond donors (Lipinski definition) is 2. The maximum Gasteiger partial charge on any atom is 0.253 e. The number of aryl methyl sites for hydroxylation is 1. The van der Waals surface area contributed by atoms with Crippen molar-refractivity contribution in [2.24, 2.45) is 0 Å². The number of carbonyl (C=O) groups excluding carboxylic acids is 1. The first-order valence-corrected chi connectivity index (χ1v) is 9.32. The van der Waals surface area contributed by atoms with Gasteiger partial charge in [-0.25, -0.2) is 4.98 Å². The minimum atomic E-state index is 0.102. The highest BCUT2D eigenvalue weighted by atomic mass is 16.2. The van der Waals surface area contributed by atoms with Crippen LogP contribution >= 0.6 is 0 Å². The van der Waals surface area contributed by atoms with E-state index in [1.54, 1.807) is 0 Å². The number of aromatic nitrogens is 4. The lowest BCUT2D eigenvalue weighted by Crippen LogP contribution is -2.38. The normalized spacial score (nSPS) is 15.9. The van der Waals surface area contributed by atoms with Crippen molar-refractivity contribution in [1.29, 1.82) is 0 Å². The molecule has 1 fully saturated rings. The maximum absolute atomic E-state index is 12.9. The average Bonchev–Trinajstić information content (AvgIpc) is 3.26. The van der Waals surface area contributed by atoms with E-state index >= 15 is 0 Å². The van der Waals surface area contributed by atoms with E-state index in [0.717, 1.165) is 54.0 Å². The molecular weight excluding hydrogens is 326 g/mol. The Morgan fingerprint density at radius 2 is 2.00 bits per heavy atom. The Kier molecular flexibility index (Phi) is 4.26. The number of imidazole rings is 1. The molecule has 0 saturated carbocycles. The molecule has 0 aliphatic carbocycles. The number of rotatable bonds is 3. The van der Waals surface area contributed by atoms with Crippen molar-refractivity contribution in [2.45, 2.75) is 45.4 Å². The number of hydrogen-bond acceptors (Lipinski definition) is 3. The topological polar surface area (TPSA) is 77.7 Å². The van der Waals surface area contributed by atoms with Crippen molar-refractivity contribution in [3.05, 3.63) is 47.0 Å². The van der Waals surface area contributed by atoms with Crippen LogP contribution in [0.3, 0.4) is 0 Å². The average molecular weight is 351 g/mol.